The fourth-order valence-corrected chi connectivity index (χ4v) is 2.82. The van der Waals surface area contributed by atoms with E-state index in [-0.39, 0.29) is 6.10 Å². The zero-order valence-corrected chi connectivity index (χ0v) is 12.4. The van der Waals surface area contributed by atoms with Crippen LogP contribution in [0.25, 0.3) is 0 Å². The molecule has 0 aliphatic heterocycles. The second-order valence-corrected chi connectivity index (χ2v) is 6.06. The number of anilines is 1. The van der Waals surface area contributed by atoms with E-state index in [2.05, 4.69) is 21.2 Å². The number of hydrogen-bond donors (Lipinski definition) is 3. The predicted octanol–water partition coefficient (Wildman–Crippen LogP) is 2.80. The topological polar surface area (TPSA) is 58.3 Å². The predicted molar refractivity (Wildman–Crippen MR) is 81.9 cm³/mol. The second kappa shape index (κ2) is 5.99. The molecular weight excluding hydrogens is 312 g/mol. The van der Waals surface area contributed by atoms with Crippen molar-refractivity contribution in [3.63, 3.8) is 0 Å². The molecule has 1 aliphatic carbocycles. The number of aliphatic hydroxyl groups is 1. The maximum absolute atomic E-state index is 9.50. The van der Waals surface area contributed by atoms with Crippen LogP contribution < -0.4 is 11.1 Å². The van der Waals surface area contributed by atoms with E-state index in [1.165, 1.54) is 0 Å². The Bertz CT molecular complexity index is 445. The van der Waals surface area contributed by atoms with Gasteiger partial charge < -0.3 is 16.2 Å². The minimum atomic E-state index is -0.136. The normalized spacial score (nSPS) is 23.7. The highest BCUT2D eigenvalue weighted by Gasteiger charge is 2.20. The van der Waals surface area contributed by atoms with E-state index in [0.29, 0.717) is 11.0 Å². The van der Waals surface area contributed by atoms with E-state index < -0.39 is 0 Å². The molecule has 1 saturated carbocycles. The number of aliphatic hydroxyl groups excluding tert-OH is 1. The summed E-state index contributed by atoms with van der Waals surface area (Å²) in [5, 5.41) is 13.0. The largest absolute Gasteiger partial charge is 0.393 e. The highest BCUT2D eigenvalue weighted by atomic mass is 79.9. The third-order valence-corrected chi connectivity index (χ3v) is 4.02. The molecule has 0 bridgehead atoms. The summed E-state index contributed by atoms with van der Waals surface area (Å²) >= 11 is 8.49. The Labute approximate surface area is 121 Å². The molecule has 4 N–H and O–H groups in total. The molecule has 1 aromatic carbocycles. The Morgan fingerprint density at radius 1 is 1.33 bits per heavy atom. The van der Waals surface area contributed by atoms with Gasteiger partial charge in [-0.15, -0.1) is 0 Å². The summed E-state index contributed by atoms with van der Waals surface area (Å²) in [4.78, 5) is 0.398. The summed E-state index contributed by atoms with van der Waals surface area (Å²) in [6.07, 6.45) is 3.54. The molecule has 2 rings (SSSR count). The van der Waals surface area contributed by atoms with Gasteiger partial charge in [-0.2, -0.15) is 0 Å². The Kier molecular flexibility index (Phi) is 4.59. The standard InChI is InChI=1S/C13H17BrN2OS/c14-8-1-6-12(11(7-8)13(15)18)16-9-2-4-10(17)5-3-9/h1,6-7,9-10,16-17H,2-5H2,(H2,15,18). The van der Waals surface area contributed by atoms with Gasteiger partial charge in [0.15, 0.2) is 0 Å². The molecule has 5 heteroatoms. The minimum absolute atomic E-state index is 0.136. The van der Waals surface area contributed by atoms with Crippen LogP contribution in [0.1, 0.15) is 31.2 Å². The SMILES string of the molecule is NC(=S)c1cc(Br)ccc1NC1CCC(O)CC1. The first-order valence-electron chi connectivity index (χ1n) is 6.10. The molecule has 0 atom stereocenters. The molecule has 0 spiro atoms. The molecule has 0 amide bonds. The molecule has 1 aliphatic rings. The molecule has 3 nitrogen and oxygen atoms in total. The summed E-state index contributed by atoms with van der Waals surface area (Å²) in [6.45, 7) is 0. The van der Waals surface area contributed by atoms with Crippen molar-refractivity contribution in [2.75, 3.05) is 5.32 Å². The van der Waals surface area contributed by atoms with Gasteiger partial charge in [-0.05, 0) is 43.9 Å². The fraction of sp³-hybridized carbons (Fsp3) is 0.462. The van der Waals surface area contributed by atoms with Gasteiger partial charge in [0, 0.05) is 21.8 Å². The fourth-order valence-electron chi connectivity index (χ4n) is 2.29. The third kappa shape index (κ3) is 3.43. The Balaban J connectivity index is 2.11. The maximum Gasteiger partial charge on any atom is 0.106 e. The van der Waals surface area contributed by atoms with Crippen LogP contribution in [-0.2, 0) is 0 Å². The lowest BCUT2D eigenvalue weighted by molar-refractivity contribution is 0.126. The monoisotopic (exact) mass is 328 g/mol. The van der Waals surface area contributed by atoms with Crippen molar-refractivity contribution in [3.05, 3.63) is 28.2 Å². The molecular formula is C13H17BrN2OS. The lowest BCUT2D eigenvalue weighted by Crippen LogP contribution is -2.29. The highest BCUT2D eigenvalue weighted by Crippen LogP contribution is 2.26. The van der Waals surface area contributed by atoms with Crippen LogP contribution in [0.15, 0.2) is 22.7 Å². The van der Waals surface area contributed by atoms with E-state index in [0.717, 1.165) is 41.4 Å². The van der Waals surface area contributed by atoms with Crippen LogP contribution in [0.3, 0.4) is 0 Å². The highest BCUT2D eigenvalue weighted by molar-refractivity contribution is 9.10. The third-order valence-electron chi connectivity index (χ3n) is 3.30. The van der Waals surface area contributed by atoms with Crippen LogP contribution in [0, 0.1) is 0 Å². The van der Waals surface area contributed by atoms with Gasteiger partial charge in [-0.25, -0.2) is 0 Å². The van der Waals surface area contributed by atoms with Crippen molar-refractivity contribution in [2.24, 2.45) is 5.73 Å². The number of benzene rings is 1. The first-order valence-corrected chi connectivity index (χ1v) is 7.30. The van der Waals surface area contributed by atoms with Crippen LogP contribution in [0.4, 0.5) is 5.69 Å². The average molecular weight is 329 g/mol. The lowest BCUT2D eigenvalue weighted by atomic mass is 9.93. The number of nitrogens with one attached hydrogen (secondary N) is 1. The smallest absolute Gasteiger partial charge is 0.106 e. The number of rotatable bonds is 3. The van der Waals surface area contributed by atoms with Gasteiger partial charge in [-0.1, -0.05) is 28.1 Å². The Morgan fingerprint density at radius 3 is 2.61 bits per heavy atom. The zero-order valence-electron chi connectivity index (χ0n) is 10.0. The minimum Gasteiger partial charge on any atom is -0.393 e. The summed E-state index contributed by atoms with van der Waals surface area (Å²) < 4.78 is 0.968. The molecule has 18 heavy (non-hydrogen) atoms. The zero-order chi connectivity index (χ0) is 13.1. The Hall–Kier alpha value is -0.650. The van der Waals surface area contributed by atoms with Gasteiger partial charge in [0.1, 0.15) is 4.99 Å². The van der Waals surface area contributed by atoms with Crippen molar-refractivity contribution in [2.45, 2.75) is 37.8 Å². The van der Waals surface area contributed by atoms with Crippen LogP contribution in [0.5, 0.6) is 0 Å². The van der Waals surface area contributed by atoms with Crippen molar-refractivity contribution in [1.82, 2.24) is 0 Å². The van der Waals surface area contributed by atoms with E-state index in [1.54, 1.807) is 0 Å². The molecule has 0 aromatic heterocycles. The quantitative estimate of drug-likeness (QED) is 0.747. The van der Waals surface area contributed by atoms with Crippen LogP contribution >= 0.6 is 28.1 Å². The number of halogens is 1. The molecule has 0 saturated heterocycles. The van der Waals surface area contributed by atoms with Gasteiger partial charge in [0.2, 0.25) is 0 Å². The maximum atomic E-state index is 9.50. The summed E-state index contributed by atoms with van der Waals surface area (Å²) in [6, 6.07) is 6.29. The van der Waals surface area contributed by atoms with E-state index in [9.17, 15) is 5.11 Å². The molecule has 1 aromatic rings. The van der Waals surface area contributed by atoms with Crippen LogP contribution in [-0.4, -0.2) is 22.2 Å². The van der Waals surface area contributed by atoms with Crippen molar-refractivity contribution in [3.8, 4) is 0 Å². The molecule has 98 valence electrons. The number of hydrogen-bond acceptors (Lipinski definition) is 3. The van der Waals surface area contributed by atoms with E-state index in [1.807, 2.05) is 18.2 Å². The average Bonchev–Trinajstić information content (AvgIpc) is 2.34. The Morgan fingerprint density at radius 2 is 2.00 bits per heavy atom. The van der Waals surface area contributed by atoms with E-state index >= 15 is 0 Å². The summed E-state index contributed by atoms with van der Waals surface area (Å²) in [7, 11) is 0. The number of thiocarbonyl (C=S) groups is 1. The van der Waals surface area contributed by atoms with Crippen molar-refractivity contribution < 1.29 is 5.11 Å². The van der Waals surface area contributed by atoms with Crippen LogP contribution in [0.2, 0.25) is 0 Å². The molecule has 0 radical (unpaired) electrons. The first-order chi connectivity index (χ1) is 8.56. The van der Waals surface area contributed by atoms with Gasteiger partial charge in [0.05, 0.1) is 6.10 Å². The number of nitrogens with two attached hydrogens (primary N) is 1. The molecule has 0 heterocycles. The first kappa shape index (κ1) is 13.8. The van der Waals surface area contributed by atoms with Gasteiger partial charge in [0.25, 0.3) is 0 Å². The van der Waals surface area contributed by atoms with Gasteiger partial charge in [-0.3, -0.25) is 0 Å². The molecule has 1 fully saturated rings. The van der Waals surface area contributed by atoms with E-state index in [4.69, 9.17) is 18.0 Å². The summed E-state index contributed by atoms with van der Waals surface area (Å²) in [5.74, 6) is 0. The molecule has 0 unspecified atom stereocenters. The summed E-state index contributed by atoms with van der Waals surface area (Å²) in [5.41, 5.74) is 7.59. The second-order valence-electron chi connectivity index (χ2n) is 4.70. The van der Waals surface area contributed by atoms with Gasteiger partial charge >= 0.3 is 0 Å². The van der Waals surface area contributed by atoms with Crippen molar-refractivity contribution >= 4 is 38.8 Å². The van der Waals surface area contributed by atoms with Crippen molar-refractivity contribution in [1.29, 1.82) is 0 Å². The lowest BCUT2D eigenvalue weighted by Gasteiger charge is -2.27.